The van der Waals surface area contributed by atoms with Crippen molar-refractivity contribution in [2.24, 2.45) is 20.5 Å². The van der Waals surface area contributed by atoms with E-state index in [-0.39, 0.29) is 27.9 Å². The standard InChI is InChI=1S/C27H25N5O6S/c1-15-8-10-19(11-9-15)29-30-21-14-23(38-4)22(12-16(21)2)31-32-26-24(39(35,36)37)13-18-6-5-7-20(28-17(3)33)25(18)27(26)34/h5-14,34H,1-4H3,(H,28,33)(H,35,36,37). The molecule has 0 aliphatic heterocycles. The maximum Gasteiger partial charge on any atom is 0.296 e. The van der Waals surface area contributed by atoms with Crippen LogP contribution in [0.4, 0.5) is 28.4 Å². The molecule has 11 nitrogen and oxygen atoms in total. The number of methoxy groups -OCH3 is 1. The second kappa shape index (κ2) is 11.0. The van der Waals surface area contributed by atoms with Gasteiger partial charge in [0.25, 0.3) is 10.1 Å². The molecule has 0 radical (unpaired) electrons. The van der Waals surface area contributed by atoms with Gasteiger partial charge in [-0.25, -0.2) is 0 Å². The minimum absolute atomic E-state index is 0.129. The summed E-state index contributed by atoms with van der Waals surface area (Å²) in [4.78, 5) is 11.0. The van der Waals surface area contributed by atoms with Crippen molar-refractivity contribution in [3.05, 3.63) is 71.8 Å². The molecule has 0 heterocycles. The molecule has 0 saturated heterocycles. The van der Waals surface area contributed by atoms with Crippen LogP contribution in [0.5, 0.6) is 11.5 Å². The molecule has 3 N–H and O–H groups in total. The highest BCUT2D eigenvalue weighted by Gasteiger charge is 2.24. The van der Waals surface area contributed by atoms with Crippen LogP contribution in [0.2, 0.25) is 0 Å². The van der Waals surface area contributed by atoms with Crippen molar-refractivity contribution in [3.8, 4) is 11.5 Å². The van der Waals surface area contributed by atoms with Gasteiger partial charge in [0.15, 0.2) is 5.75 Å². The highest BCUT2D eigenvalue weighted by atomic mass is 32.2. The lowest BCUT2D eigenvalue weighted by Gasteiger charge is -2.13. The van der Waals surface area contributed by atoms with Crippen LogP contribution >= 0.6 is 0 Å². The second-order valence-electron chi connectivity index (χ2n) is 8.68. The Morgan fingerprint density at radius 2 is 1.62 bits per heavy atom. The molecule has 39 heavy (non-hydrogen) atoms. The third-order valence-electron chi connectivity index (χ3n) is 5.73. The van der Waals surface area contributed by atoms with Gasteiger partial charge in [-0.2, -0.15) is 18.6 Å². The summed E-state index contributed by atoms with van der Waals surface area (Å²) in [6, 6.07) is 16.5. The zero-order chi connectivity index (χ0) is 28.3. The number of azo groups is 2. The molecule has 12 heteroatoms. The van der Waals surface area contributed by atoms with Gasteiger partial charge in [0, 0.05) is 18.4 Å². The van der Waals surface area contributed by atoms with Gasteiger partial charge < -0.3 is 15.2 Å². The van der Waals surface area contributed by atoms with Crippen molar-refractivity contribution in [2.75, 3.05) is 12.4 Å². The molecule has 200 valence electrons. The number of hydrogen-bond donors (Lipinski definition) is 3. The van der Waals surface area contributed by atoms with Crippen LogP contribution in [0.25, 0.3) is 10.8 Å². The van der Waals surface area contributed by atoms with Crippen LogP contribution in [0, 0.1) is 13.8 Å². The number of nitrogens with zero attached hydrogens (tertiary/aromatic N) is 4. The van der Waals surface area contributed by atoms with E-state index in [1.165, 1.54) is 26.2 Å². The Bertz CT molecular complexity index is 1750. The fourth-order valence-corrected chi connectivity index (χ4v) is 4.48. The van der Waals surface area contributed by atoms with Gasteiger partial charge in [-0.15, -0.1) is 10.2 Å². The summed E-state index contributed by atoms with van der Waals surface area (Å²) in [6.07, 6.45) is 0. The zero-order valence-corrected chi connectivity index (χ0v) is 22.3. The molecular weight excluding hydrogens is 522 g/mol. The molecule has 0 fully saturated rings. The minimum atomic E-state index is -4.81. The Hall–Kier alpha value is -4.68. The number of anilines is 1. The van der Waals surface area contributed by atoms with Crippen molar-refractivity contribution in [1.82, 2.24) is 0 Å². The summed E-state index contributed by atoms with van der Waals surface area (Å²) < 4.78 is 39.6. The van der Waals surface area contributed by atoms with Gasteiger partial charge in [0.1, 0.15) is 22.0 Å². The molecule has 0 bridgehead atoms. The van der Waals surface area contributed by atoms with Crippen molar-refractivity contribution < 1.29 is 27.6 Å². The van der Waals surface area contributed by atoms with Gasteiger partial charge in [0.05, 0.1) is 24.2 Å². The van der Waals surface area contributed by atoms with Crippen LogP contribution in [0.15, 0.2) is 86.0 Å². The molecule has 0 aliphatic carbocycles. The first-order valence-electron chi connectivity index (χ1n) is 11.6. The summed E-state index contributed by atoms with van der Waals surface area (Å²) in [5.41, 5.74) is 2.89. The Balaban J connectivity index is 1.81. The summed E-state index contributed by atoms with van der Waals surface area (Å²) in [5, 5.41) is 30.6. The Morgan fingerprint density at radius 1 is 0.923 bits per heavy atom. The van der Waals surface area contributed by atoms with E-state index in [1.807, 2.05) is 31.2 Å². The fraction of sp³-hybridized carbons (Fsp3) is 0.148. The van der Waals surface area contributed by atoms with E-state index in [1.54, 1.807) is 25.1 Å². The van der Waals surface area contributed by atoms with E-state index >= 15 is 0 Å². The molecule has 1 amide bonds. The molecule has 0 unspecified atom stereocenters. The molecule has 4 aromatic carbocycles. The largest absolute Gasteiger partial charge is 0.505 e. The number of fused-ring (bicyclic) bond motifs is 1. The number of nitrogens with one attached hydrogen (secondary N) is 1. The topological polar surface area (TPSA) is 162 Å². The van der Waals surface area contributed by atoms with E-state index in [4.69, 9.17) is 4.74 Å². The fourth-order valence-electron chi connectivity index (χ4n) is 3.82. The van der Waals surface area contributed by atoms with Crippen LogP contribution in [0.1, 0.15) is 18.1 Å². The summed E-state index contributed by atoms with van der Waals surface area (Å²) in [6.45, 7) is 5.04. The lowest BCUT2D eigenvalue weighted by molar-refractivity contribution is -0.114. The predicted molar refractivity (Wildman–Crippen MR) is 147 cm³/mol. The Morgan fingerprint density at radius 3 is 2.26 bits per heavy atom. The second-order valence-corrected chi connectivity index (χ2v) is 10.1. The zero-order valence-electron chi connectivity index (χ0n) is 21.5. The molecule has 4 rings (SSSR count). The number of carbonyl (C=O) groups excluding carboxylic acids is 1. The molecule has 4 aromatic rings. The Labute approximate surface area is 224 Å². The molecular formula is C27H25N5O6S. The van der Waals surface area contributed by atoms with Crippen LogP contribution in [-0.2, 0) is 14.9 Å². The van der Waals surface area contributed by atoms with Crippen LogP contribution in [0.3, 0.4) is 0 Å². The molecule has 0 atom stereocenters. The van der Waals surface area contributed by atoms with Crippen LogP contribution in [-0.4, -0.2) is 31.1 Å². The van der Waals surface area contributed by atoms with E-state index in [9.17, 15) is 22.9 Å². The van der Waals surface area contributed by atoms with Gasteiger partial charge in [-0.05, 0) is 55.1 Å². The van der Waals surface area contributed by atoms with Gasteiger partial charge in [0.2, 0.25) is 5.91 Å². The number of ether oxygens (including phenoxy) is 1. The lowest BCUT2D eigenvalue weighted by atomic mass is 10.1. The smallest absolute Gasteiger partial charge is 0.296 e. The van der Waals surface area contributed by atoms with Crippen LogP contribution < -0.4 is 10.1 Å². The number of aromatic hydroxyl groups is 1. The first kappa shape index (κ1) is 27.4. The predicted octanol–water partition coefficient (Wildman–Crippen LogP) is 7.21. The summed E-state index contributed by atoms with van der Waals surface area (Å²) >= 11 is 0. The average Bonchev–Trinajstić information content (AvgIpc) is 2.87. The number of amides is 1. The van der Waals surface area contributed by atoms with Gasteiger partial charge in [-0.1, -0.05) is 29.8 Å². The number of hydrogen-bond acceptors (Lipinski definition) is 9. The van der Waals surface area contributed by atoms with E-state index < -0.39 is 32.4 Å². The quantitative estimate of drug-likeness (QED) is 0.163. The highest BCUT2D eigenvalue weighted by Crippen LogP contribution is 2.45. The third kappa shape index (κ3) is 6.08. The number of phenolic OH excluding ortho intramolecular Hbond substituents is 1. The average molecular weight is 548 g/mol. The van der Waals surface area contributed by atoms with E-state index in [2.05, 4.69) is 25.8 Å². The molecule has 0 aliphatic rings. The molecule has 0 saturated carbocycles. The summed E-state index contributed by atoms with van der Waals surface area (Å²) in [5.74, 6) is -0.731. The SMILES string of the molecule is COc1cc(N=Nc2ccc(C)cc2)c(C)cc1N=Nc1c(S(=O)(=O)O)cc2cccc(NC(C)=O)c2c1O. The van der Waals surface area contributed by atoms with Crippen molar-refractivity contribution in [1.29, 1.82) is 0 Å². The first-order valence-corrected chi connectivity index (χ1v) is 13.0. The normalized spacial score (nSPS) is 11.9. The van der Waals surface area contributed by atoms with Crippen molar-refractivity contribution >= 4 is 55.2 Å². The number of benzene rings is 4. The Kier molecular flexibility index (Phi) is 7.70. The third-order valence-corrected chi connectivity index (χ3v) is 6.60. The molecule has 0 spiro atoms. The van der Waals surface area contributed by atoms with Gasteiger partial charge in [-0.3, -0.25) is 9.35 Å². The number of aryl methyl sites for hydroxylation is 2. The maximum absolute atomic E-state index is 12.2. The first-order chi connectivity index (χ1) is 18.5. The number of carbonyl (C=O) groups is 1. The number of phenols is 1. The molecule has 0 aromatic heterocycles. The van der Waals surface area contributed by atoms with E-state index in [0.717, 1.165) is 11.6 Å². The van der Waals surface area contributed by atoms with Crippen molar-refractivity contribution in [3.63, 3.8) is 0 Å². The minimum Gasteiger partial charge on any atom is -0.505 e. The monoisotopic (exact) mass is 547 g/mol. The lowest BCUT2D eigenvalue weighted by Crippen LogP contribution is -2.06. The summed E-state index contributed by atoms with van der Waals surface area (Å²) in [7, 11) is -3.40. The maximum atomic E-state index is 12.2. The number of rotatable bonds is 7. The van der Waals surface area contributed by atoms with Gasteiger partial charge >= 0.3 is 0 Å². The van der Waals surface area contributed by atoms with Crippen molar-refractivity contribution in [2.45, 2.75) is 25.7 Å². The highest BCUT2D eigenvalue weighted by molar-refractivity contribution is 7.86. The van der Waals surface area contributed by atoms with E-state index in [0.29, 0.717) is 16.9 Å².